The van der Waals surface area contributed by atoms with Crippen molar-refractivity contribution in [1.82, 2.24) is 0 Å². The number of esters is 1. The second-order valence-corrected chi connectivity index (χ2v) is 15.2. The molecule has 4 nitrogen and oxygen atoms in total. The number of hydrogen-bond donors (Lipinski definition) is 0. The van der Waals surface area contributed by atoms with E-state index in [-0.39, 0.29) is 17.5 Å². The Morgan fingerprint density at radius 1 is 0.762 bits per heavy atom. The molecule has 1 spiro atoms. The zero-order valence-corrected chi connectivity index (χ0v) is 26.2. The number of piperidine rings is 1. The van der Waals surface area contributed by atoms with Gasteiger partial charge in [-0.05, 0) is 54.4 Å². The number of quaternary nitrogens is 1. The lowest BCUT2D eigenvalue weighted by molar-refractivity contribution is -0.956. The first kappa shape index (κ1) is 28.9. The molecule has 0 N–H and O–H groups in total. The van der Waals surface area contributed by atoms with Crippen molar-refractivity contribution < 1.29 is 18.8 Å². The summed E-state index contributed by atoms with van der Waals surface area (Å²) in [6.45, 7) is 2.66. The van der Waals surface area contributed by atoms with E-state index in [0.29, 0.717) is 18.0 Å². The number of carbonyl (C=O) groups excluding carboxylic acids is 1. The highest BCUT2D eigenvalue weighted by atomic mass is 32.2. The van der Waals surface area contributed by atoms with Crippen molar-refractivity contribution in [3.05, 3.63) is 71.8 Å². The van der Waals surface area contributed by atoms with Crippen LogP contribution in [0.2, 0.25) is 0 Å². The van der Waals surface area contributed by atoms with Gasteiger partial charge in [-0.2, -0.15) is 0 Å². The first-order valence-corrected chi connectivity index (χ1v) is 18.2. The van der Waals surface area contributed by atoms with E-state index in [1.807, 2.05) is 48.2 Å². The van der Waals surface area contributed by atoms with Crippen LogP contribution in [0.15, 0.2) is 60.7 Å². The van der Waals surface area contributed by atoms with Crippen molar-refractivity contribution in [3.8, 4) is 0 Å². The van der Waals surface area contributed by atoms with Gasteiger partial charge in [0, 0.05) is 38.5 Å². The Hall–Kier alpha value is -1.82. The maximum absolute atomic E-state index is 14.9. The number of hydrogen-bond acceptors (Lipinski definition) is 4. The van der Waals surface area contributed by atoms with Crippen molar-refractivity contribution in [2.45, 2.75) is 119 Å². The summed E-state index contributed by atoms with van der Waals surface area (Å²) in [4.78, 5) is 14.9. The molecule has 42 heavy (non-hydrogen) atoms. The minimum Gasteiger partial charge on any atom is -0.459 e. The predicted molar refractivity (Wildman–Crippen MR) is 170 cm³/mol. The molecule has 2 saturated carbocycles. The molecule has 3 saturated heterocycles. The fourth-order valence-corrected chi connectivity index (χ4v) is 11.1. The zero-order valence-electron chi connectivity index (χ0n) is 25.3. The van der Waals surface area contributed by atoms with Gasteiger partial charge in [0.15, 0.2) is 0 Å². The molecule has 2 aromatic carbocycles. The lowest BCUT2D eigenvalue weighted by Gasteiger charge is -2.47. The lowest BCUT2D eigenvalue weighted by atomic mass is 9.85. The van der Waals surface area contributed by atoms with Crippen LogP contribution in [-0.4, -0.2) is 52.9 Å². The SMILES string of the molecule is O=C(OC1CC2CCC(C1)[N+]21CCCC1)C(OC(SCC1CCCC1)C1CCCC1)(c1ccccc1)c1ccccc1. The molecular formula is C37H50NO3S+. The standard InChI is InChI=1S/C37H50NO3S/c39-36(40-34-25-32-21-22-33(26-34)38(32)23-11-12-24-38)37(30-17-3-1-4-18-30,31-19-5-2-6-20-31)41-35(29-15-9-10-16-29)42-27-28-13-7-8-14-28/h1-6,17-20,28-29,32-35H,7-16,21-27H2/q+1. The molecule has 0 amide bonds. The van der Waals surface area contributed by atoms with E-state index in [1.165, 1.54) is 94.6 Å². The van der Waals surface area contributed by atoms with E-state index in [4.69, 9.17) is 9.47 Å². The summed E-state index contributed by atoms with van der Waals surface area (Å²) in [5, 5.41) is 0. The van der Waals surface area contributed by atoms with Crippen LogP contribution in [0.5, 0.6) is 0 Å². The Morgan fingerprint density at radius 2 is 1.31 bits per heavy atom. The Bertz CT molecular complexity index is 1110. The molecule has 5 heteroatoms. The van der Waals surface area contributed by atoms with Crippen LogP contribution in [0.4, 0.5) is 0 Å². The first-order valence-electron chi connectivity index (χ1n) is 17.2. The Labute approximate surface area is 257 Å². The third-order valence-electron chi connectivity index (χ3n) is 11.7. The Kier molecular flexibility index (Phi) is 8.71. The molecule has 0 radical (unpaired) electrons. The summed E-state index contributed by atoms with van der Waals surface area (Å²) in [6.07, 6.45) is 17.5. The van der Waals surface area contributed by atoms with Crippen molar-refractivity contribution in [3.63, 3.8) is 0 Å². The van der Waals surface area contributed by atoms with Crippen LogP contribution < -0.4 is 0 Å². The normalized spacial score (nSPS) is 28.4. The third kappa shape index (κ3) is 5.48. The maximum atomic E-state index is 14.9. The first-order chi connectivity index (χ1) is 20.7. The minimum atomic E-state index is -1.27. The number of benzene rings is 2. The highest BCUT2D eigenvalue weighted by Gasteiger charge is 2.57. The van der Waals surface area contributed by atoms with Crippen LogP contribution in [0.1, 0.15) is 101 Å². The topological polar surface area (TPSA) is 35.5 Å². The van der Waals surface area contributed by atoms with E-state index >= 15 is 0 Å². The van der Waals surface area contributed by atoms with Gasteiger partial charge in [0.2, 0.25) is 5.60 Å². The van der Waals surface area contributed by atoms with Gasteiger partial charge in [-0.25, -0.2) is 4.79 Å². The smallest absolute Gasteiger partial charge is 0.348 e. The Morgan fingerprint density at radius 3 is 1.88 bits per heavy atom. The van der Waals surface area contributed by atoms with E-state index in [1.54, 1.807) is 0 Å². The molecule has 3 atom stereocenters. The Balaban J connectivity index is 1.22. The lowest BCUT2D eigenvalue weighted by Crippen LogP contribution is -2.60. The van der Waals surface area contributed by atoms with Gasteiger partial charge in [-0.1, -0.05) is 86.3 Å². The molecule has 0 aromatic heterocycles. The van der Waals surface area contributed by atoms with Crippen molar-refractivity contribution in [2.75, 3.05) is 18.8 Å². The average Bonchev–Trinajstić information content (AvgIpc) is 3.85. The van der Waals surface area contributed by atoms with E-state index in [2.05, 4.69) is 24.3 Å². The monoisotopic (exact) mass is 588 g/mol. The molecular weight excluding hydrogens is 538 g/mol. The fraction of sp³-hybridized carbons (Fsp3) is 0.649. The van der Waals surface area contributed by atoms with Crippen LogP contribution in [0, 0.1) is 11.8 Å². The molecule has 5 fully saturated rings. The quantitative estimate of drug-likeness (QED) is 0.159. The summed E-state index contributed by atoms with van der Waals surface area (Å²) in [5.74, 6) is 2.17. The van der Waals surface area contributed by atoms with Gasteiger partial charge in [-0.15, -0.1) is 11.8 Å². The van der Waals surface area contributed by atoms with Gasteiger partial charge in [0.05, 0.1) is 25.2 Å². The van der Waals surface area contributed by atoms with Crippen LogP contribution in [0.25, 0.3) is 0 Å². The number of rotatable bonds is 10. The minimum absolute atomic E-state index is 0.0224. The summed E-state index contributed by atoms with van der Waals surface area (Å²) in [7, 11) is 0. The average molecular weight is 589 g/mol. The molecule has 3 aliphatic heterocycles. The maximum Gasteiger partial charge on any atom is 0.348 e. The number of carbonyl (C=O) groups is 1. The molecule has 2 bridgehead atoms. The largest absolute Gasteiger partial charge is 0.459 e. The molecule has 7 rings (SSSR count). The van der Waals surface area contributed by atoms with Gasteiger partial charge >= 0.3 is 5.97 Å². The fourth-order valence-electron chi connectivity index (χ4n) is 9.55. The van der Waals surface area contributed by atoms with Gasteiger partial charge in [0.1, 0.15) is 11.5 Å². The van der Waals surface area contributed by atoms with Crippen molar-refractivity contribution in [1.29, 1.82) is 0 Å². The zero-order chi connectivity index (χ0) is 28.4. The van der Waals surface area contributed by atoms with Crippen LogP contribution >= 0.6 is 11.8 Å². The summed E-state index contributed by atoms with van der Waals surface area (Å²) >= 11 is 1.99. The predicted octanol–water partition coefficient (Wildman–Crippen LogP) is 8.23. The van der Waals surface area contributed by atoms with Crippen molar-refractivity contribution >= 4 is 17.7 Å². The van der Waals surface area contributed by atoms with E-state index in [0.717, 1.165) is 35.6 Å². The number of thioether (sulfide) groups is 1. The molecule has 5 aliphatic rings. The third-order valence-corrected chi connectivity index (χ3v) is 13.2. The van der Waals surface area contributed by atoms with Gasteiger partial charge in [0.25, 0.3) is 0 Å². The number of ether oxygens (including phenoxy) is 2. The summed E-state index contributed by atoms with van der Waals surface area (Å²) in [5.41, 5.74) is 0.497. The van der Waals surface area contributed by atoms with Gasteiger partial charge < -0.3 is 14.0 Å². The van der Waals surface area contributed by atoms with Crippen molar-refractivity contribution in [2.24, 2.45) is 11.8 Å². The molecule has 3 heterocycles. The molecule has 2 aromatic rings. The second-order valence-electron chi connectivity index (χ2n) is 14.1. The highest BCUT2D eigenvalue weighted by Crippen LogP contribution is 2.48. The van der Waals surface area contributed by atoms with Crippen LogP contribution in [-0.2, 0) is 19.9 Å². The summed E-state index contributed by atoms with van der Waals surface area (Å²) in [6, 6.07) is 21.9. The summed E-state index contributed by atoms with van der Waals surface area (Å²) < 4.78 is 15.4. The number of nitrogens with zero attached hydrogens (tertiary/aromatic N) is 1. The molecule has 2 aliphatic carbocycles. The molecule has 226 valence electrons. The highest BCUT2D eigenvalue weighted by molar-refractivity contribution is 7.99. The van der Waals surface area contributed by atoms with Crippen LogP contribution in [0.3, 0.4) is 0 Å². The van der Waals surface area contributed by atoms with Gasteiger partial charge in [-0.3, -0.25) is 0 Å². The van der Waals surface area contributed by atoms with E-state index in [9.17, 15) is 4.79 Å². The molecule has 3 unspecified atom stereocenters. The van der Waals surface area contributed by atoms with E-state index < -0.39 is 5.60 Å². The second kappa shape index (κ2) is 12.7.